The van der Waals surface area contributed by atoms with E-state index in [1.165, 1.54) is 18.4 Å². The molecule has 2 atom stereocenters. The average Bonchev–Trinajstić information content (AvgIpc) is 3.65. The van der Waals surface area contributed by atoms with E-state index in [9.17, 15) is 32.3 Å². The lowest BCUT2D eigenvalue weighted by Gasteiger charge is -2.51. The van der Waals surface area contributed by atoms with Crippen molar-refractivity contribution in [1.29, 1.82) is 0 Å². The summed E-state index contributed by atoms with van der Waals surface area (Å²) in [6.07, 6.45) is 1.97. The van der Waals surface area contributed by atoms with E-state index in [-0.39, 0.29) is 72.7 Å². The quantitative estimate of drug-likeness (QED) is 0.0509. The molecule has 5 aliphatic rings. The number of benzene rings is 3. The summed E-state index contributed by atoms with van der Waals surface area (Å²) in [7, 11) is 0.265. The Morgan fingerprint density at radius 3 is 2.25 bits per heavy atom. The molecule has 0 radical (unpaired) electrons. The monoisotopic (exact) mass is 1070 g/mol. The van der Waals surface area contributed by atoms with Crippen LogP contribution >= 0.6 is 0 Å². The number of methoxy groups -OCH3 is 1. The number of rotatable bonds is 19. The molecular weight excluding hydrogens is 994 g/mol. The van der Waals surface area contributed by atoms with Gasteiger partial charge in [0, 0.05) is 59.3 Å². The van der Waals surface area contributed by atoms with Crippen molar-refractivity contribution < 1.29 is 46.5 Å². The fourth-order valence-corrected chi connectivity index (χ4v) is 13.4. The first kappa shape index (κ1) is 55.7. The van der Waals surface area contributed by atoms with Crippen LogP contribution in [0, 0.1) is 10.8 Å². The number of ether oxygens (including phenoxy) is 4. The number of carbonyl (C=O) groups is 3. The second-order valence-corrected chi connectivity index (χ2v) is 30.6. The van der Waals surface area contributed by atoms with Crippen molar-refractivity contribution in [3.05, 3.63) is 88.3 Å². The number of hydrogen-bond acceptors (Lipinski definition) is 10. The minimum absolute atomic E-state index is 0.0397. The van der Waals surface area contributed by atoms with Crippen molar-refractivity contribution in [2.75, 3.05) is 71.2 Å². The van der Waals surface area contributed by atoms with Gasteiger partial charge >= 0.3 is 11.9 Å². The number of halogens is 3. The molecule has 1 unspecified atom stereocenters. The van der Waals surface area contributed by atoms with E-state index in [1.807, 2.05) is 59.5 Å². The SMILES string of the molecule is COc1ccc([C@]2(CCN(Cc3ccc(OC4CC5(CCN(CC(=O)N6CCn7c(=O)n(C8CCC(=O)N(COCC[Si](C)(C)C)C8=O)c8cccc6c87)CC5)C4)cc3)CC(C)(C)C(F)(F)F)CCOC(C)(C)C2)cc1. The molecule has 4 fully saturated rings. The van der Waals surface area contributed by atoms with Crippen LogP contribution in [0.15, 0.2) is 71.5 Å². The van der Waals surface area contributed by atoms with Crippen molar-refractivity contribution in [1.82, 2.24) is 23.8 Å². The number of aromatic nitrogens is 2. The van der Waals surface area contributed by atoms with Crippen LogP contribution < -0.4 is 20.1 Å². The molecule has 76 heavy (non-hydrogen) atoms. The van der Waals surface area contributed by atoms with Gasteiger partial charge in [-0.3, -0.25) is 38.2 Å². The minimum Gasteiger partial charge on any atom is -0.497 e. The summed E-state index contributed by atoms with van der Waals surface area (Å²) in [6.45, 7) is 17.5. The van der Waals surface area contributed by atoms with E-state index in [4.69, 9.17) is 18.9 Å². The highest BCUT2D eigenvalue weighted by Gasteiger charge is 2.50. The molecule has 3 saturated heterocycles. The van der Waals surface area contributed by atoms with Gasteiger partial charge < -0.3 is 23.8 Å². The Morgan fingerprint density at radius 2 is 1.59 bits per heavy atom. The first-order valence-corrected chi connectivity index (χ1v) is 31.1. The molecule has 1 saturated carbocycles. The summed E-state index contributed by atoms with van der Waals surface area (Å²) in [4.78, 5) is 62.0. The normalized spacial score (nSPS) is 22.4. The Hall–Kier alpha value is -5.01. The number of likely N-dealkylation sites (tertiary alicyclic amines) is 2. The smallest absolute Gasteiger partial charge is 0.395 e. The standard InChI is InChI=1S/C58H79F3N6O8Si/c1-54(2,58(59,60)61)39-63(28-24-57(25-31-74-55(3,4)38-57)42-14-18-43(72-5)19-15-42)36-41-12-16-44(17-13-41)75-45-34-56(35-45)22-26-62(27-23-56)37-50(69)64-29-30-65-51-46(64)10-9-11-47(51)67(53(65)71)48-20-21-49(68)66(52(48)70)40-73-32-33-76(6,7)8/h9-19,45,48H,20-40H2,1-8H3/t48?,57-/m1/s1. The molecule has 414 valence electrons. The van der Waals surface area contributed by atoms with Gasteiger partial charge in [-0.05, 0) is 158 Å². The van der Waals surface area contributed by atoms with Crippen molar-refractivity contribution in [2.45, 2.75) is 154 Å². The van der Waals surface area contributed by atoms with Gasteiger partial charge in [-0.1, -0.05) is 50.0 Å². The largest absolute Gasteiger partial charge is 0.497 e. The van der Waals surface area contributed by atoms with Crippen molar-refractivity contribution >= 4 is 42.5 Å². The number of hydrogen-bond donors (Lipinski definition) is 0. The van der Waals surface area contributed by atoms with E-state index in [0.29, 0.717) is 62.5 Å². The summed E-state index contributed by atoms with van der Waals surface area (Å²) in [6, 6.07) is 21.5. The summed E-state index contributed by atoms with van der Waals surface area (Å²) in [5.41, 5.74) is 1.18. The molecule has 18 heteroatoms. The van der Waals surface area contributed by atoms with Crippen LogP contribution in [0.3, 0.4) is 0 Å². The molecule has 1 aliphatic carbocycles. The number of amides is 3. The Kier molecular flexibility index (Phi) is 15.9. The molecule has 1 aromatic heterocycles. The second kappa shape index (κ2) is 21.7. The zero-order chi connectivity index (χ0) is 54.4. The molecule has 1 spiro atoms. The van der Waals surface area contributed by atoms with Gasteiger partial charge in [0.05, 0.1) is 47.5 Å². The summed E-state index contributed by atoms with van der Waals surface area (Å²) in [5, 5.41) is 0. The Balaban J connectivity index is 0.781. The number of anilines is 1. The zero-order valence-corrected chi connectivity index (χ0v) is 46.9. The first-order chi connectivity index (χ1) is 35.9. The lowest BCUT2D eigenvalue weighted by molar-refractivity contribution is -0.217. The number of nitrogens with zero attached hydrogens (tertiary/aromatic N) is 6. The zero-order valence-electron chi connectivity index (χ0n) is 45.9. The Bertz CT molecular complexity index is 2790. The molecule has 4 aromatic rings. The molecule has 14 nitrogen and oxygen atoms in total. The van der Waals surface area contributed by atoms with Crippen molar-refractivity contribution in [3.63, 3.8) is 0 Å². The van der Waals surface area contributed by atoms with E-state index < -0.39 is 31.6 Å². The topological polar surface area (TPSA) is 128 Å². The summed E-state index contributed by atoms with van der Waals surface area (Å²) >= 11 is 0. The van der Waals surface area contributed by atoms with Crippen LogP contribution in [-0.2, 0) is 42.4 Å². The molecule has 0 bridgehead atoms. The van der Waals surface area contributed by atoms with Gasteiger partial charge in [0.2, 0.25) is 11.8 Å². The van der Waals surface area contributed by atoms with Crippen LogP contribution in [0.2, 0.25) is 25.7 Å². The van der Waals surface area contributed by atoms with E-state index in [0.717, 1.165) is 85.2 Å². The predicted octanol–water partition coefficient (Wildman–Crippen LogP) is 9.79. The number of alkyl halides is 3. The van der Waals surface area contributed by atoms with Crippen LogP contribution in [0.25, 0.3) is 11.0 Å². The first-order valence-electron chi connectivity index (χ1n) is 27.4. The fourth-order valence-electron chi connectivity index (χ4n) is 12.6. The van der Waals surface area contributed by atoms with Crippen molar-refractivity contribution in [3.8, 4) is 11.5 Å². The maximum atomic E-state index is 14.4. The third-order valence-electron chi connectivity index (χ3n) is 17.2. The highest BCUT2D eigenvalue weighted by atomic mass is 28.3. The van der Waals surface area contributed by atoms with E-state index in [1.54, 1.807) is 16.6 Å². The highest BCUT2D eigenvalue weighted by Crippen LogP contribution is 2.51. The Labute approximate surface area is 446 Å². The molecule has 9 rings (SSSR count). The Morgan fingerprint density at radius 1 is 0.895 bits per heavy atom. The molecule has 5 heterocycles. The summed E-state index contributed by atoms with van der Waals surface area (Å²) in [5.74, 6) is 0.721. The van der Waals surface area contributed by atoms with Gasteiger partial charge in [0.1, 0.15) is 24.3 Å². The van der Waals surface area contributed by atoms with Gasteiger partial charge in [-0.2, -0.15) is 13.2 Å². The number of para-hydroxylation sites is 1. The number of piperidine rings is 2. The molecule has 4 aliphatic heterocycles. The summed E-state index contributed by atoms with van der Waals surface area (Å²) < 4.78 is 70.3. The third-order valence-corrected chi connectivity index (χ3v) is 18.9. The van der Waals surface area contributed by atoms with E-state index in [2.05, 4.69) is 50.5 Å². The number of carbonyl (C=O) groups excluding carboxylic acids is 3. The second-order valence-electron chi connectivity index (χ2n) is 25.0. The number of imidazole rings is 1. The predicted molar refractivity (Wildman–Crippen MR) is 290 cm³/mol. The van der Waals surface area contributed by atoms with Gasteiger partial charge in [-0.15, -0.1) is 0 Å². The molecule has 3 amide bonds. The molecule has 3 aromatic carbocycles. The molecule has 0 N–H and O–H groups in total. The van der Waals surface area contributed by atoms with Crippen molar-refractivity contribution in [2.24, 2.45) is 10.8 Å². The van der Waals surface area contributed by atoms with Crippen LogP contribution in [0.5, 0.6) is 11.5 Å². The van der Waals surface area contributed by atoms with Gasteiger partial charge in [-0.25, -0.2) is 4.79 Å². The lowest BCUT2D eigenvalue weighted by Crippen LogP contribution is -2.53. The van der Waals surface area contributed by atoms with Gasteiger partial charge in [0.15, 0.2) is 0 Å². The third kappa shape index (κ3) is 12.0. The number of imide groups is 1. The van der Waals surface area contributed by atoms with Crippen LogP contribution in [0.1, 0.15) is 103 Å². The average molecular weight is 1070 g/mol. The van der Waals surface area contributed by atoms with Crippen LogP contribution in [0.4, 0.5) is 18.9 Å². The van der Waals surface area contributed by atoms with Crippen LogP contribution in [-0.4, -0.2) is 134 Å². The van der Waals surface area contributed by atoms with E-state index >= 15 is 0 Å². The maximum Gasteiger partial charge on any atom is 0.395 e. The van der Waals surface area contributed by atoms with Gasteiger partial charge in [0.25, 0.3) is 5.91 Å². The fraction of sp³-hybridized carbons (Fsp3) is 0.621. The molecular formula is C58H79F3N6O8Si. The maximum absolute atomic E-state index is 14.4. The lowest BCUT2D eigenvalue weighted by atomic mass is 9.61. The minimum atomic E-state index is -4.36. The highest BCUT2D eigenvalue weighted by molar-refractivity contribution is 6.76.